The monoisotopic (exact) mass is 397 g/mol. The number of hydrogen-bond donors (Lipinski definition) is 1. The van der Waals surface area contributed by atoms with E-state index < -0.39 is 0 Å². The van der Waals surface area contributed by atoms with Gasteiger partial charge in [-0.25, -0.2) is 15.2 Å². The van der Waals surface area contributed by atoms with Crippen molar-refractivity contribution in [1.29, 1.82) is 0 Å². The van der Waals surface area contributed by atoms with Crippen molar-refractivity contribution in [2.45, 2.75) is 39.2 Å². The first-order chi connectivity index (χ1) is 14.1. The molecule has 152 valence electrons. The number of piperidine rings is 1. The number of carbonyl (C=O) groups excluding carboxylic acids is 2. The molecular weight excluding hydrogens is 374 g/mol. The van der Waals surface area contributed by atoms with Gasteiger partial charge in [0.05, 0.1) is 17.5 Å². The molecule has 2 aliphatic heterocycles. The predicted molar refractivity (Wildman–Crippen MR) is 107 cm³/mol. The third-order valence-electron chi connectivity index (χ3n) is 5.26. The summed E-state index contributed by atoms with van der Waals surface area (Å²) in [6, 6.07) is 4.90. The van der Waals surface area contributed by atoms with Gasteiger partial charge in [-0.15, -0.1) is 0 Å². The summed E-state index contributed by atoms with van der Waals surface area (Å²) in [6.07, 6.45) is 2.54. The predicted octanol–water partition coefficient (Wildman–Crippen LogP) is 1.68. The summed E-state index contributed by atoms with van der Waals surface area (Å²) in [5.41, 5.74) is 4.28. The summed E-state index contributed by atoms with van der Waals surface area (Å²) in [5, 5.41) is 4.73. The largest absolute Gasteiger partial charge is 0.450 e. The average molecular weight is 397 g/mol. The SMILES string of the molecule is CCOC(=O)N1CCC(=NNC(=O)c2ccc3c(=O)n4c(nc3c2)CCC4)CC1. The van der Waals surface area contributed by atoms with Crippen LogP contribution in [0.15, 0.2) is 28.1 Å². The van der Waals surface area contributed by atoms with E-state index in [9.17, 15) is 14.4 Å². The van der Waals surface area contributed by atoms with Gasteiger partial charge in [0.15, 0.2) is 0 Å². The average Bonchev–Trinajstić information content (AvgIpc) is 3.21. The van der Waals surface area contributed by atoms with E-state index in [1.54, 1.807) is 34.6 Å². The number of ether oxygens (including phenoxy) is 1. The zero-order valence-corrected chi connectivity index (χ0v) is 16.3. The molecule has 0 spiro atoms. The zero-order chi connectivity index (χ0) is 20.4. The molecule has 2 amide bonds. The Balaban J connectivity index is 1.43. The number of rotatable bonds is 3. The van der Waals surface area contributed by atoms with E-state index in [0.717, 1.165) is 24.4 Å². The second-order valence-electron chi connectivity index (χ2n) is 7.13. The molecular formula is C20H23N5O4. The molecule has 1 N–H and O–H groups in total. The van der Waals surface area contributed by atoms with Gasteiger partial charge < -0.3 is 9.64 Å². The van der Waals surface area contributed by atoms with Gasteiger partial charge in [-0.1, -0.05) is 0 Å². The van der Waals surface area contributed by atoms with Crippen molar-refractivity contribution < 1.29 is 14.3 Å². The van der Waals surface area contributed by atoms with Crippen molar-refractivity contribution in [3.63, 3.8) is 0 Å². The third kappa shape index (κ3) is 3.85. The maximum atomic E-state index is 12.5. The van der Waals surface area contributed by atoms with Crippen LogP contribution < -0.4 is 11.0 Å². The lowest BCUT2D eigenvalue weighted by atomic mass is 10.1. The Morgan fingerprint density at radius 2 is 2.00 bits per heavy atom. The smallest absolute Gasteiger partial charge is 0.409 e. The first-order valence-corrected chi connectivity index (χ1v) is 9.87. The van der Waals surface area contributed by atoms with E-state index in [1.807, 2.05) is 0 Å². The van der Waals surface area contributed by atoms with Crippen LogP contribution >= 0.6 is 0 Å². The lowest BCUT2D eigenvalue weighted by Gasteiger charge is -2.26. The van der Waals surface area contributed by atoms with Crippen molar-refractivity contribution in [3.05, 3.63) is 39.9 Å². The van der Waals surface area contributed by atoms with Gasteiger partial charge in [0.25, 0.3) is 11.5 Å². The molecule has 1 aromatic heterocycles. The second-order valence-corrected chi connectivity index (χ2v) is 7.13. The minimum atomic E-state index is -0.352. The number of nitrogens with zero attached hydrogens (tertiary/aromatic N) is 4. The van der Waals surface area contributed by atoms with Crippen LogP contribution in [0.1, 0.15) is 42.4 Å². The molecule has 29 heavy (non-hydrogen) atoms. The van der Waals surface area contributed by atoms with Crippen molar-refractivity contribution in [2.75, 3.05) is 19.7 Å². The highest BCUT2D eigenvalue weighted by molar-refractivity contribution is 5.98. The number of aryl methyl sites for hydroxylation is 1. The van der Waals surface area contributed by atoms with Crippen LogP contribution in [0, 0.1) is 0 Å². The van der Waals surface area contributed by atoms with Crippen LogP contribution in [0.2, 0.25) is 0 Å². The minimum absolute atomic E-state index is 0.0527. The number of hydrogen-bond acceptors (Lipinski definition) is 6. The van der Waals surface area contributed by atoms with Crippen LogP contribution in [0.3, 0.4) is 0 Å². The van der Waals surface area contributed by atoms with Crippen molar-refractivity contribution in [2.24, 2.45) is 5.10 Å². The summed E-state index contributed by atoms with van der Waals surface area (Å²) < 4.78 is 6.70. The van der Waals surface area contributed by atoms with Crippen LogP contribution in [-0.2, 0) is 17.7 Å². The fraction of sp³-hybridized carbons (Fsp3) is 0.450. The van der Waals surface area contributed by atoms with Crippen molar-refractivity contribution in [1.82, 2.24) is 19.9 Å². The molecule has 1 aromatic carbocycles. The molecule has 0 saturated carbocycles. The normalized spacial score (nSPS) is 15.9. The second kappa shape index (κ2) is 8.02. The first kappa shape index (κ1) is 19.1. The standard InChI is InChI=1S/C20H23N5O4/c1-2-29-20(28)24-10-7-14(8-11-24)22-23-18(26)13-5-6-15-16(12-13)21-17-4-3-9-25(17)19(15)27/h5-6,12H,2-4,7-11H2,1H3,(H,23,26). The molecule has 1 fully saturated rings. The van der Waals surface area contributed by atoms with E-state index in [4.69, 9.17) is 4.74 Å². The van der Waals surface area contributed by atoms with Gasteiger partial charge in [0.2, 0.25) is 0 Å². The summed E-state index contributed by atoms with van der Waals surface area (Å²) in [4.78, 5) is 42.9. The molecule has 0 unspecified atom stereocenters. The van der Waals surface area contributed by atoms with E-state index >= 15 is 0 Å². The summed E-state index contributed by atoms with van der Waals surface area (Å²) in [7, 11) is 0. The maximum Gasteiger partial charge on any atom is 0.409 e. The Morgan fingerprint density at radius 3 is 2.76 bits per heavy atom. The van der Waals surface area contributed by atoms with E-state index in [0.29, 0.717) is 55.5 Å². The molecule has 0 atom stereocenters. The van der Waals surface area contributed by atoms with Gasteiger partial charge >= 0.3 is 6.09 Å². The number of amides is 2. The fourth-order valence-electron chi connectivity index (χ4n) is 3.69. The molecule has 2 aromatic rings. The number of benzene rings is 1. The molecule has 0 radical (unpaired) electrons. The third-order valence-corrected chi connectivity index (χ3v) is 5.26. The van der Waals surface area contributed by atoms with E-state index in [2.05, 4.69) is 15.5 Å². The van der Waals surface area contributed by atoms with Gasteiger partial charge in [-0.3, -0.25) is 14.2 Å². The molecule has 9 nitrogen and oxygen atoms in total. The number of carbonyl (C=O) groups is 2. The van der Waals surface area contributed by atoms with Crippen LogP contribution in [0.4, 0.5) is 4.79 Å². The number of nitrogens with one attached hydrogen (secondary N) is 1. The first-order valence-electron chi connectivity index (χ1n) is 9.87. The molecule has 2 aliphatic rings. The maximum absolute atomic E-state index is 12.5. The quantitative estimate of drug-likeness (QED) is 0.793. The fourth-order valence-corrected chi connectivity index (χ4v) is 3.69. The van der Waals surface area contributed by atoms with E-state index in [1.165, 1.54) is 0 Å². The van der Waals surface area contributed by atoms with Crippen LogP contribution in [0.25, 0.3) is 10.9 Å². The lowest BCUT2D eigenvalue weighted by molar-refractivity contribution is 0.0951. The summed E-state index contributed by atoms with van der Waals surface area (Å²) in [6.45, 7) is 3.86. The Bertz CT molecular complexity index is 1050. The molecule has 4 rings (SSSR count). The molecule has 0 bridgehead atoms. The Labute approximate surface area is 167 Å². The molecule has 1 saturated heterocycles. The van der Waals surface area contributed by atoms with Crippen LogP contribution in [-0.4, -0.2) is 51.9 Å². The Hall–Kier alpha value is -3.23. The topological polar surface area (TPSA) is 106 Å². The molecule has 3 heterocycles. The van der Waals surface area contributed by atoms with Gasteiger partial charge in [-0.05, 0) is 31.5 Å². The zero-order valence-electron chi connectivity index (χ0n) is 16.3. The Kier molecular flexibility index (Phi) is 5.28. The van der Waals surface area contributed by atoms with Crippen LogP contribution in [0.5, 0.6) is 0 Å². The number of aromatic nitrogens is 2. The minimum Gasteiger partial charge on any atom is -0.450 e. The number of likely N-dealkylation sites (tertiary alicyclic amines) is 1. The van der Waals surface area contributed by atoms with Gasteiger partial charge in [0, 0.05) is 50.2 Å². The van der Waals surface area contributed by atoms with Gasteiger partial charge in [-0.2, -0.15) is 5.10 Å². The Morgan fingerprint density at radius 1 is 1.21 bits per heavy atom. The molecule has 9 heteroatoms. The summed E-state index contributed by atoms with van der Waals surface area (Å²) in [5.74, 6) is 0.420. The highest BCUT2D eigenvalue weighted by Crippen LogP contribution is 2.16. The molecule has 0 aliphatic carbocycles. The van der Waals surface area contributed by atoms with Crippen molar-refractivity contribution in [3.8, 4) is 0 Å². The highest BCUT2D eigenvalue weighted by atomic mass is 16.6. The lowest BCUT2D eigenvalue weighted by Crippen LogP contribution is -2.39. The van der Waals surface area contributed by atoms with E-state index in [-0.39, 0.29) is 17.6 Å². The number of fused-ring (bicyclic) bond motifs is 2. The number of hydrazone groups is 1. The van der Waals surface area contributed by atoms with Crippen molar-refractivity contribution >= 4 is 28.6 Å². The van der Waals surface area contributed by atoms with Gasteiger partial charge in [0.1, 0.15) is 5.82 Å². The summed E-state index contributed by atoms with van der Waals surface area (Å²) >= 11 is 0. The highest BCUT2D eigenvalue weighted by Gasteiger charge is 2.21.